The number of hydrogen-bond donors (Lipinski definition) is 1. The molecule has 1 aliphatic carbocycles. The highest BCUT2D eigenvalue weighted by Gasteiger charge is 2.22. The fraction of sp³-hybridized carbons (Fsp3) is 0.533. The smallest absolute Gasteiger partial charge is 0.220 e. The number of carbonyl (C=O) groups is 1. The van der Waals surface area contributed by atoms with Crippen LogP contribution in [0, 0.1) is 5.92 Å². The highest BCUT2D eigenvalue weighted by molar-refractivity contribution is 5.77. The van der Waals surface area contributed by atoms with Gasteiger partial charge in [0.2, 0.25) is 5.91 Å². The zero-order valence-corrected chi connectivity index (χ0v) is 11.3. The van der Waals surface area contributed by atoms with Crippen LogP contribution in [0.2, 0.25) is 0 Å². The van der Waals surface area contributed by atoms with E-state index < -0.39 is 0 Å². The molecule has 2 rings (SSSR count). The topological polar surface area (TPSA) is 46.3 Å². The summed E-state index contributed by atoms with van der Waals surface area (Å²) in [6.45, 7) is 4.21. The van der Waals surface area contributed by atoms with Gasteiger partial charge in [0.25, 0.3) is 0 Å². The van der Waals surface area contributed by atoms with Crippen molar-refractivity contribution >= 4 is 5.91 Å². The molecule has 0 aromatic heterocycles. The van der Waals surface area contributed by atoms with Gasteiger partial charge in [0.1, 0.15) is 0 Å². The summed E-state index contributed by atoms with van der Waals surface area (Å²) >= 11 is 0. The van der Waals surface area contributed by atoms with Crippen LogP contribution in [0.5, 0.6) is 0 Å². The van der Waals surface area contributed by atoms with Gasteiger partial charge in [0.05, 0.1) is 0 Å². The van der Waals surface area contributed by atoms with Crippen molar-refractivity contribution in [3.8, 4) is 0 Å². The lowest BCUT2D eigenvalue weighted by Crippen LogP contribution is -2.28. The molecule has 3 nitrogen and oxygen atoms in total. The number of benzene rings is 1. The lowest BCUT2D eigenvalue weighted by molar-refractivity contribution is -0.122. The van der Waals surface area contributed by atoms with Crippen molar-refractivity contribution in [2.24, 2.45) is 11.7 Å². The van der Waals surface area contributed by atoms with Gasteiger partial charge in [-0.2, -0.15) is 0 Å². The van der Waals surface area contributed by atoms with Gasteiger partial charge in [-0.25, -0.2) is 0 Å². The molecule has 0 saturated heterocycles. The molecule has 0 saturated carbocycles. The summed E-state index contributed by atoms with van der Waals surface area (Å²) in [6, 6.07) is 6.64. The molecule has 18 heavy (non-hydrogen) atoms. The molecular weight excluding hydrogens is 224 g/mol. The Labute approximate surface area is 109 Å². The van der Waals surface area contributed by atoms with Crippen LogP contribution < -0.4 is 5.73 Å². The summed E-state index contributed by atoms with van der Waals surface area (Å²) in [5, 5.41) is 0. The van der Waals surface area contributed by atoms with Gasteiger partial charge in [-0.15, -0.1) is 0 Å². The van der Waals surface area contributed by atoms with Crippen LogP contribution in [0.1, 0.15) is 30.0 Å². The van der Waals surface area contributed by atoms with E-state index >= 15 is 0 Å². The third-order valence-corrected chi connectivity index (χ3v) is 3.89. The van der Waals surface area contributed by atoms with E-state index in [2.05, 4.69) is 37.1 Å². The number of aryl methyl sites for hydroxylation is 1. The molecule has 0 fully saturated rings. The summed E-state index contributed by atoms with van der Waals surface area (Å²) in [5.74, 6) is -0.128. The minimum Gasteiger partial charge on any atom is -0.369 e. The average molecular weight is 246 g/mol. The Balaban J connectivity index is 2.12. The summed E-state index contributed by atoms with van der Waals surface area (Å²) in [7, 11) is 2.13. The highest BCUT2D eigenvalue weighted by atomic mass is 16.1. The summed E-state index contributed by atoms with van der Waals surface area (Å²) in [4.78, 5) is 13.5. The van der Waals surface area contributed by atoms with Crippen molar-refractivity contribution in [3.05, 3.63) is 34.9 Å². The third kappa shape index (κ3) is 2.91. The fourth-order valence-electron chi connectivity index (χ4n) is 2.57. The molecule has 1 aromatic rings. The molecule has 1 unspecified atom stereocenters. The normalized spacial score (nSPS) is 18.7. The SMILES string of the molecule is CCN(C)Cc1ccc2c(c1)CCC(C(N)=O)C2. The Morgan fingerprint density at radius 1 is 1.44 bits per heavy atom. The van der Waals surface area contributed by atoms with E-state index in [0.717, 1.165) is 32.4 Å². The van der Waals surface area contributed by atoms with E-state index in [-0.39, 0.29) is 11.8 Å². The molecule has 1 aliphatic rings. The molecule has 3 heteroatoms. The van der Waals surface area contributed by atoms with Gasteiger partial charge in [-0.05, 0) is 49.5 Å². The number of carbonyl (C=O) groups excluding carboxylic acids is 1. The lowest BCUT2D eigenvalue weighted by atomic mass is 9.83. The Kier molecular flexibility index (Phi) is 4.02. The predicted octanol–water partition coefficient (Wildman–Crippen LogP) is 1.73. The first-order chi connectivity index (χ1) is 8.60. The summed E-state index contributed by atoms with van der Waals surface area (Å²) in [5.41, 5.74) is 9.45. The number of nitrogens with two attached hydrogens (primary N) is 1. The van der Waals surface area contributed by atoms with E-state index in [0.29, 0.717) is 0 Å². The molecule has 1 atom stereocenters. The molecule has 0 spiro atoms. The van der Waals surface area contributed by atoms with Crippen molar-refractivity contribution in [1.29, 1.82) is 0 Å². The molecule has 0 heterocycles. The van der Waals surface area contributed by atoms with Crippen LogP contribution in [0.4, 0.5) is 0 Å². The van der Waals surface area contributed by atoms with Crippen LogP contribution in [0.15, 0.2) is 18.2 Å². The number of rotatable bonds is 4. The summed E-state index contributed by atoms with van der Waals surface area (Å²) in [6.07, 6.45) is 2.69. The zero-order chi connectivity index (χ0) is 13.1. The predicted molar refractivity (Wildman–Crippen MR) is 73.2 cm³/mol. The Morgan fingerprint density at radius 2 is 2.22 bits per heavy atom. The van der Waals surface area contributed by atoms with Crippen molar-refractivity contribution in [2.45, 2.75) is 32.7 Å². The number of nitrogens with zero attached hydrogens (tertiary/aromatic N) is 1. The number of primary amides is 1. The van der Waals surface area contributed by atoms with Crippen LogP contribution in [0.25, 0.3) is 0 Å². The number of fused-ring (bicyclic) bond motifs is 1. The molecule has 0 radical (unpaired) electrons. The largest absolute Gasteiger partial charge is 0.369 e. The Hall–Kier alpha value is -1.35. The Morgan fingerprint density at radius 3 is 2.89 bits per heavy atom. The second kappa shape index (κ2) is 5.53. The lowest BCUT2D eigenvalue weighted by Gasteiger charge is -2.23. The maximum absolute atomic E-state index is 11.2. The van der Waals surface area contributed by atoms with Crippen LogP contribution in [0.3, 0.4) is 0 Å². The molecular formula is C15H22N2O. The van der Waals surface area contributed by atoms with Crippen molar-refractivity contribution in [3.63, 3.8) is 0 Å². The van der Waals surface area contributed by atoms with Gasteiger partial charge in [-0.3, -0.25) is 4.79 Å². The molecule has 1 aromatic carbocycles. The van der Waals surface area contributed by atoms with Gasteiger partial charge in [0, 0.05) is 12.5 Å². The van der Waals surface area contributed by atoms with E-state index in [1.165, 1.54) is 16.7 Å². The molecule has 2 N–H and O–H groups in total. The molecule has 0 aliphatic heterocycles. The van der Waals surface area contributed by atoms with E-state index in [1.54, 1.807) is 0 Å². The second-order valence-corrected chi connectivity index (χ2v) is 5.28. The number of amides is 1. The minimum absolute atomic E-state index is 0.0293. The third-order valence-electron chi connectivity index (χ3n) is 3.89. The van der Waals surface area contributed by atoms with Gasteiger partial charge in [0.15, 0.2) is 0 Å². The molecule has 0 bridgehead atoms. The second-order valence-electron chi connectivity index (χ2n) is 5.28. The van der Waals surface area contributed by atoms with E-state index in [1.807, 2.05) is 0 Å². The molecule has 1 amide bonds. The maximum atomic E-state index is 11.2. The first-order valence-electron chi connectivity index (χ1n) is 6.68. The van der Waals surface area contributed by atoms with Crippen molar-refractivity contribution in [2.75, 3.05) is 13.6 Å². The molecule has 98 valence electrons. The Bertz CT molecular complexity index is 442. The van der Waals surface area contributed by atoms with Crippen molar-refractivity contribution < 1.29 is 4.79 Å². The average Bonchev–Trinajstić information content (AvgIpc) is 2.37. The summed E-state index contributed by atoms with van der Waals surface area (Å²) < 4.78 is 0. The zero-order valence-electron chi connectivity index (χ0n) is 11.3. The van der Waals surface area contributed by atoms with Crippen molar-refractivity contribution in [1.82, 2.24) is 4.90 Å². The maximum Gasteiger partial charge on any atom is 0.220 e. The van der Waals surface area contributed by atoms with E-state index in [9.17, 15) is 4.79 Å². The first kappa shape index (κ1) is 13.1. The number of hydrogen-bond acceptors (Lipinski definition) is 2. The monoisotopic (exact) mass is 246 g/mol. The van der Waals surface area contributed by atoms with Crippen LogP contribution >= 0.6 is 0 Å². The highest BCUT2D eigenvalue weighted by Crippen LogP contribution is 2.26. The van der Waals surface area contributed by atoms with Gasteiger partial charge in [-0.1, -0.05) is 25.1 Å². The van der Waals surface area contributed by atoms with Gasteiger partial charge >= 0.3 is 0 Å². The standard InChI is InChI=1S/C15H22N2O/c1-3-17(2)10-11-4-5-13-9-14(15(16)18)7-6-12(13)8-11/h4-5,8,14H,3,6-7,9-10H2,1-2H3,(H2,16,18). The van der Waals surface area contributed by atoms with Crippen LogP contribution in [-0.4, -0.2) is 24.4 Å². The van der Waals surface area contributed by atoms with Gasteiger partial charge < -0.3 is 10.6 Å². The minimum atomic E-state index is -0.157. The fourth-order valence-corrected chi connectivity index (χ4v) is 2.57. The first-order valence-corrected chi connectivity index (χ1v) is 6.68. The quantitative estimate of drug-likeness (QED) is 0.879. The van der Waals surface area contributed by atoms with Crippen LogP contribution in [-0.2, 0) is 24.2 Å². The van der Waals surface area contributed by atoms with E-state index in [4.69, 9.17) is 5.73 Å².